The number of halogens is 1. The molecule has 0 radical (unpaired) electrons. The Morgan fingerprint density at radius 1 is 0.895 bits per heavy atom. The quantitative estimate of drug-likeness (QED) is 0.860. The van der Waals surface area contributed by atoms with Crippen LogP contribution in [-0.2, 0) is 0 Å². The number of hydrogen-bond donors (Lipinski definition) is 1. The minimum Gasteiger partial charge on any atom is -0.495 e. The van der Waals surface area contributed by atoms with E-state index < -0.39 is 5.82 Å². The zero-order valence-corrected chi connectivity index (χ0v) is 10.6. The van der Waals surface area contributed by atoms with E-state index in [1.807, 2.05) is 0 Å². The molecule has 0 aliphatic carbocycles. The van der Waals surface area contributed by atoms with Gasteiger partial charge in [-0.25, -0.2) is 4.39 Å². The molecule has 2 rings (SSSR count). The van der Waals surface area contributed by atoms with Gasteiger partial charge in [0.1, 0.15) is 17.2 Å². The van der Waals surface area contributed by atoms with Gasteiger partial charge in [0, 0.05) is 12.1 Å². The standard InChI is InChI=1S/C14H14FNO3/c1-17-13-5-3-9(7-11(13)15)19-10-4-6-14(18-2)12(16)8-10/h3-8H,16H2,1-2H3. The summed E-state index contributed by atoms with van der Waals surface area (Å²) < 4.78 is 28.9. The van der Waals surface area contributed by atoms with Crippen molar-refractivity contribution in [3.05, 3.63) is 42.2 Å². The van der Waals surface area contributed by atoms with Crippen LogP contribution in [0, 0.1) is 5.82 Å². The van der Waals surface area contributed by atoms with E-state index in [1.165, 1.54) is 26.4 Å². The van der Waals surface area contributed by atoms with Crippen molar-refractivity contribution in [2.24, 2.45) is 0 Å². The summed E-state index contributed by atoms with van der Waals surface area (Å²) in [5, 5.41) is 0. The molecule has 100 valence electrons. The van der Waals surface area contributed by atoms with Crippen LogP contribution in [-0.4, -0.2) is 14.2 Å². The minimum atomic E-state index is -0.485. The van der Waals surface area contributed by atoms with Crippen molar-refractivity contribution in [2.45, 2.75) is 0 Å². The van der Waals surface area contributed by atoms with Crippen LogP contribution in [0.3, 0.4) is 0 Å². The van der Waals surface area contributed by atoms with Gasteiger partial charge >= 0.3 is 0 Å². The van der Waals surface area contributed by atoms with Crippen LogP contribution in [0.25, 0.3) is 0 Å². The molecule has 4 nitrogen and oxygen atoms in total. The SMILES string of the molecule is COc1ccc(Oc2ccc(OC)c(F)c2)cc1N. The second-order valence-corrected chi connectivity index (χ2v) is 3.80. The highest BCUT2D eigenvalue weighted by molar-refractivity contribution is 5.56. The molecule has 0 amide bonds. The Balaban J connectivity index is 2.21. The van der Waals surface area contributed by atoms with Crippen molar-refractivity contribution in [2.75, 3.05) is 20.0 Å². The molecule has 0 aromatic heterocycles. The fourth-order valence-electron chi connectivity index (χ4n) is 1.62. The maximum absolute atomic E-state index is 13.5. The van der Waals surface area contributed by atoms with Crippen LogP contribution < -0.4 is 19.9 Å². The lowest BCUT2D eigenvalue weighted by Crippen LogP contribution is -1.94. The number of nitrogen functional groups attached to an aromatic ring is 1. The molecule has 2 aromatic rings. The fourth-order valence-corrected chi connectivity index (χ4v) is 1.62. The molecule has 0 atom stereocenters. The number of benzene rings is 2. The van der Waals surface area contributed by atoms with E-state index >= 15 is 0 Å². The molecule has 2 aromatic carbocycles. The Labute approximate surface area is 110 Å². The molecule has 0 spiro atoms. The first kappa shape index (κ1) is 13.0. The third-order valence-electron chi connectivity index (χ3n) is 2.56. The van der Waals surface area contributed by atoms with E-state index in [0.717, 1.165) is 0 Å². The number of nitrogens with two attached hydrogens (primary N) is 1. The molecule has 0 aliphatic rings. The van der Waals surface area contributed by atoms with Crippen LogP contribution in [0.2, 0.25) is 0 Å². The van der Waals surface area contributed by atoms with E-state index in [0.29, 0.717) is 22.9 Å². The average Bonchev–Trinajstić information content (AvgIpc) is 2.39. The highest BCUT2D eigenvalue weighted by Crippen LogP contribution is 2.30. The lowest BCUT2D eigenvalue weighted by Gasteiger charge is -2.10. The normalized spacial score (nSPS) is 10.1. The van der Waals surface area contributed by atoms with Crippen LogP contribution >= 0.6 is 0 Å². The zero-order valence-electron chi connectivity index (χ0n) is 10.6. The molecule has 0 unspecified atom stereocenters. The molecule has 0 heterocycles. The van der Waals surface area contributed by atoms with Gasteiger partial charge in [-0.05, 0) is 24.3 Å². The number of hydrogen-bond acceptors (Lipinski definition) is 4. The second-order valence-electron chi connectivity index (χ2n) is 3.80. The Hall–Kier alpha value is -2.43. The van der Waals surface area contributed by atoms with Crippen LogP contribution in [0.5, 0.6) is 23.0 Å². The van der Waals surface area contributed by atoms with Gasteiger partial charge in [0.25, 0.3) is 0 Å². The van der Waals surface area contributed by atoms with E-state index in [1.54, 1.807) is 24.3 Å². The van der Waals surface area contributed by atoms with E-state index in [4.69, 9.17) is 19.9 Å². The first-order valence-electron chi connectivity index (χ1n) is 5.59. The topological polar surface area (TPSA) is 53.7 Å². The molecular weight excluding hydrogens is 249 g/mol. The Morgan fingerprint density at radius 2 is 1.47 bits per heavy atom. The van der Waals surface area contributed by atoms with Gasteiger partial charge in [-0.3, -0.25) is 0 Å². The smallest absolute Gasteiger partial charge is 0.168 e. The summed E-state index contributed by atoms with van der Waals surface area (Å²) in [6.45, 7) is 0. The first-order valence-corrected chi connectivity index (χ1v) is 5.59. The predicted molar refractivity (Wildman–Crippen MR) is 70.4 cm³/mol. The molecule has 0 aliphatic heterocycles. The largest absolute Gasteiger partial charge is 0.495 e. The summed E-state index contributed by atoms with van der Waals surface area (Å²) >= 11 is 0. The monoisotopic (exact) mass is 263 g/mol. The highest BCUT2D eigenvalue weighted by atomic mass is 19.1. The summed E-state index contributed by atoms with van der Waals surface area (Å²) in [5.41, 5.74) is 6.21. The molecule has 2 N–H and O–H groups in total. The third-order valence-corrected chi connectivity index (χ3v) is 2.56. The second kappa shape index (κ2) is 5.48. The molecule has 0 fully saturated rings. The van der Waals surface area contributed by atoms with Gasteiger partial charge in [0.05, 0.1) is 19.9 Å². The van der Waals surface area contributed by atoms with Crippen LogP contribution in [0.1, 0.15) is 0 Å². The Bertz CT molecular complexity index is 535. The van der Waals surface area contributed by atoms with E-state index in [9.17, 15) is 4.39 Å². The molecule has 0 bridgehead atoms. The molecule has 19 heavy (non-hydrogen) atoms. The van der Waals surface area contributed by atoms with Gasteiger partial charge < -0.3 is 19.9 Å². The van der Waals surface area contributed by atoms with Gasteiger partial charge in [0.2, 0.25) is 0 Å². The molecule has 5 heteroatoms. The third kappa shape index (κ3) is 2.88. The summed E-state index contributed by atoms with van der Waals surface area (Å²) in [5.74, 6) is 1.11. The van der Waals surface area contributed by atoms with Crippen molar-refractivity contribution in [1.82, 2.24) is 0 Å². The van der Waals surface area contributed by atoms with Crippen molar-refractivity contribution in [3.63, 3.8) is 0 Å². The van der Waals surface area contributed by atoms with Gasteiger partial charge in [-0.2, -0.15) is 0 Å². The minimum absolute atomic E-state index is 0.168. The van der Waals surface area contributed by atoms with Crippen LogP contribution in [0.4, 0.5) is 10.1 Å². The predicted octanol–water partition coefficient (Wildman–Crippen LogP) is 3.22. The average molecular weight is 263 g/mol. The number of ether oxygens (including phenoxy) is 3. The highest BCUT2D eigenvalue weighted by Gasteiger charge is 2.06. The number of rotatable bonds is 4. The summed E-state index contributed by atoms with van der Waals surface area (Å²) in [6.07, 6.45) is 0. The molecular formula is C14H14FNO3. The molecule has 0 saturated carbocycles. The van der Waals surface area contributed by atoms with Gasteiger partial charge in [0.15, 0.2) is 11.6 Å². The maximum atomic E-state index is 13.5. The van der Waals surface area contributed by atoms with E-state index in [-0.39, 0.29) is 5.75 Å². The summed E-state index contributed by atoms with van der Waals surface area (Å²) in [6, 6.07) is 9.35. The van der Waals surface area contributed by atoms with Crippen molar-refractivity contribution >= 4 is 5.69 Å². The summed E-state index contributed by atoms with van der Waals surface area (Å²) in [4.78, 5) is 0. The van der Waals surface area contributed by atoms with Crippen LogP contribution in [0.15, 0.2) is 36.4 Å². The van der Waals surface area contributed by atoms with Crippen molar-refractivity contribution < 1.29 is 18.6 Å². The lowest BCUT2D eigenvalue weighted by molar-refractivity contribution is 0.383. The Morgan fingerprint density at radius 3 is 2.00 bits per heavy atom. The Kier molecular flexibility index (Phi) is 3.75. The zero-order chi connectivity index (χ0) is 13.8. The summed E-state index contributed by atoms with van der Waals surface area (Å²) in [7, 11) is 2.94. The number of methoxy groups -OCH3 is 2. The van der Waals surface area contributed by atoms with Gasteiger partial charge in [-0.15, -0.1) is 0 Å². The van der Waals surface area contributed by atoms with Gasteiger partial charge in [-0.1, -0.05) is 0 Å². The lowest BCUT2D eigenvalue weighted by atomic mass is 10.2. The van der Waals surface area contributed by atoms with Crippen molar-refractivity contribution in [3.8, 4) is 23.0 Å². The first-order chi connectivity index (χ1) is 9.13. The number of anilines is 1. The van der Waals surface area contributed by atoms with E-state index in [2.05, 4.69) is 0 Å². The fraction of sp³-hybridized carbons (Fsp3) is 0.143. The van der Waals surface area contributed by atoms with Crippen molar-refractivity contribution in [1.29, 1.82) is 0 Å². The molecule has 0 saturated heterocycles. The maximum Gasteiger partial charge on any atom is 0.168 e.